The second-order valence-electron chi connectivity index (χ2n) is 11.8. The summed E-state index contributed by atoms with van der Waals surface area (Å²) in [6, 6.07) is 3.30. The van der Waals surface area contributed by atoms with E-state index < -0.39 is 11.6 Å². The zero-order valence-corrected chi connectivity index (χ0v) is 21.8. The van der Waals surface area contributed by atoms with Gasteiger partial charge in [0.15, 0.2) is 11.6 Å². The van der Waals surface area contributed by atoms with E-state index in [1.54, 1.807) is 19.1 Å². The molecule has 0 unspecified atom stereocenters. The van der Waals surface area contributed by atoms with E-state index in [0.29, 0.717) is 24.5 Å². The average Bonchev–Trinajstić information content (AvgIpc) is 2.88. The molecule has 1 nitrogen and oxygen atoms in total. The maximum absolute atomic E-state index is 14.4. The number of aryl methyl sites for hydroxylation is 1. The molecular formula is C31H48F2O. The highest BCUT2D eigenvalue weighted by Gasteiger charge is 2.34. The monoisotopic (exact) mass is 474 g/mol. The summed E-state index contributed by atoms with van der Waals surface area (Å²) in [6.07, 6.45) is 21.6. The summed E-state index contributed by atoms with van der Waals surface area (Å²) < 4.78 is 33.8. The SMILES string of the molecule is CCCC1CCC(C2CCC(C3CCC(CCc4ccc(OCC)c(F)c4F)CC3)CC2)CC1. The van der Waals surface area contributed by atoms with Crippen LogP contribution in [-0.2, 0) is 6.42 Å². The molecule has 0 N–H and O–H groups in total. The van der Waals surface area contributed by atoms with Crippen LogP contribution in [0.2, 0.25) is 0 Å². The maximum atomic E-state index is 14.4. The van der Waals surface area contributed by atoms with Crippen LogP contribution in [-0.4, -0.2) is 6.61 Å². The molecule has 1 aromatic rings. The normalized spacial score (nSPS) is 32.5. The Morgan fingerprint density at radius 3 is 1.59 bits per heavy atom. The highest BCUT2D eigenvalue weighted by atomic mass is 19.2. The first-order chi connectivity index (χ1) is 16.6. The first-order valence-corrected chi connectivity index (χ1v) is 14.7. The molecule has 4 rings (SSSR count). The Kier molecular flexibility index (Phi) is 9.71. The average molecular weight is 475 g/mol. The Labute approximate surface area is 207 Å². The van der Waals surface area contributed by atoms with Gasteiger partial charge in [-0.15, -0.1) is 0 Å². The van der Waals surface area contributed by atoms with Crippen molar-refractivity contribution >= 4 is 0 Å². The van der Waals surface area contributed by atoms with Crippen LogP contribution in [0.5, 0.6) is 5.75 Å². The third kappa shape index (κ3) is 6.55. The van der Waals surface area contributed by atoms with E-state index in [1.807, 2.05) is 0 Å². The van der Waals surface area contributed by atoms with Crippen molar-refractivity contribution in [2.45, 2.75) is 117 Å². The van der Waals surface area contributed by atoms with Crippen LogP contribution in [0.15, 0.2) is 12.1 Å². The van der Waals surface area contributed by atoms with Gasteiger partial charge in [-0.3, -0.25) is 0 Å². The minimum Gasteiger partial charge on any atom is -0.491 e. The van der Waals surface area contributed by atoms with E-state index in [9.17, 15) is 8.78 Å². The molecule has 1 aromatic carbocycles. The van der Waals surface area contributed by atoms with Crippen molar-refractivity contribution in [1.29, 1.82) is 0 Å². The zero-order chi connectivity index (χ0) is 23.9. The van der Waals surface area contributed by atoms with Crippen LogP contribution in [0.25, 0.3) is 0 Å². The topological polar surface area (TPSA) is 9.23 Å². The number of ether oxygens (including phenoxy) is 1. The van der Waals surface area contributed by atoms with Crippen molar-refractivity contribution in [3.63, 3.8) is 0 Å². The highest BCUT2D eigenvalue weighted by Crippen LogP contribution is 2.46. The molecule has 0 aromatic heterocycles. The van der Waals surface area contributed by atoms with Gasteiger partial charge in [-0.2, -0.15) is 4.39 Å². The van der Waals surface area contributed by atoms with E-state index in [0.717, 1.165) is 36.0 Å². The Hall–Kier alpha value is -1.12. The molecule has 0 aliphatic heterocycles. The van der Waals surface area contributed by atoms with Crippen molar-refractivity contribution in [3.05, 3.63) is 29.3 Å². The first-order valence-electron chi connectivity index (χ1n) is 14.7. The molecule has 192 valence electrons. The van der Waals surface area contributed by atoms with Crippen LogP contribution in [0.1, 0.15) is 116 Å². The van der Waals surface area contributed by atoms with E-state index in [4.69, 9.17) is 4.74 Å². The van der Waals surface area contributed by atoms with Gasteiger partial charge in [-0.05, 0) is 118 Å². The molecule has 34 heavy (non-hydrogen) atoms. The molecular weight excluding hydrogens is 426 g/mol. The molecule has 3 aliphatic rings. The van der Waals surface area contributed by atoms with Crippen molar-refractivity contribution in [3.8, 4) is 5.75 Å². The molecule has 0 atom stereocenters. The molecule has 3 heteroatoms. The molecule has 0 spiro atoms. The number of halogens is 2. The molecule has 0 saturated heterocycles. The van der Waals surface area contributed by atoms with Crippen molar-refractivity contribution in [2.24, 2.45) is 35.5 Å². The summed E-state index contributed by atoms with van der Waals surface area (Å²) in [5.74, 6) is 4.09. The standard InChI is InChI=1S/C31H48F2O/c1-3-5-22-6-11-24(12-7-22)26-16-18-27(19-17-26)25-13-8-23(9-14-25)10-15-28-20-21-29(34-4-2)31(33)30(28)32/h20-27H,3-19H2,1-2H3. The van der Waals surface area contributed by atoms with Crippen molar-refractivity contribution < 1.29 is 13.5 Å². The van der Waals surface area contributed by atoms with Crippen LogP contribution < -0.4 is 4.74 Å². The number of hydrogen-bond donors (Lipinski definition) is 0. The summed E-state index contributed by atoms with van der Waals surface area (Å²) in [5, 5.41) is 0. The zero-order valence-electron chi connectivity index (χ0n) is 21.8. The lowest BCUT2D eigenvalue weighted by Crippen LogP contribution is -2.29. The fraction of sp³-hybridized carbons (Fsp3) is 0.806. The Balaban J connectivity index is 1.16. The first kappa shape index (κ1) is 26.0. The molecule has 0 bridgehead atoms. The number of rotatable bonds is 9. The second-order valence-corrected chi connectivity index (χ2v) is 11.8. The van der Waals surface area contributed by atoms with Gasteiger partial charge < -0.3 is 4.74 Å². The lowest BCUT2D eigenvalue weighted by Gasteiger charge is -2.41. The van der Waals surface area contributed by atoms with E-state index in [-0.39, 0.29) is 5.75 Å². The highest BCUT2D eigenvalue weighted by molar-refractivity contribution is 5.31. The van der Waals surface area contributed by atoms with Gasteiger partial charge in [-0.1, -0.05) is 51.5 Å². The molecule has 3 saturated carbocycles. The van der Waals surface area contributed by atoms with Gasteiger partial charge >= 0.3 is 0 Å². The van der Waals surface area contributed by atoms with Crippen molar-refractivity contribution in [1.82, 2.24) is 0 Å². The fourth-order valence-electron chi connectivity index (χ4n) is 7.78. The van der Waals surface area contributed by atoms with Gasteiger partial charge in [0.2, 0.25) is 5.82 Å². The summed E-state index contributed by atoms with van der Waals surface area (Å²) >= 11 is 0. The summed E-state index contributed by atoms with van der Waals surface area (Å²) in [5.41, 5.74) is 0.505. The largest absolute Gasteiger partial charge is 0.491 e. The quantitative estimate of drug-likeness (QED) is 0.346. The minimum absolute atomic E-state index is 0.0307. The van der Waals surface area contributed by atoms with Crippen LogP contribution in [0, 0.1) is 47.1 Å². The van der Waals surface area contributed by atoms with Gasteiger partial charge in [-0.25, -0.2) is 4.39 Å². The van der Waals surface area contributed by atoms with Gasteiger partial charge in [0, 0.05) is 0 Å². The van der Waals surface area contributed by atoms with Gasteiger partial charge in [0.05, 0.1) is 6.61 Å². The molecule has 3 aliphatic carbocycles. The Morgan fingerprint density at radius 2 is 1.12 bits per heavy atom. The summed E-state index contributed by atoms with van der Waals surface area (Å²) in [6.45, 7) is 4.47. The van der Waals surface area contributed by atoms with Crippen LogP contribution in [0.4, 0.5) is 8.78 Å². The summed E-state index contributed by atoms with van der Waals surface area (Å²) in [7, 11) is 0. The fourth-order valence-corrected chi connectivity index (χ4v) is 7.78. The number of hydrogen-bond acceptors (Lipinski definition) is 1. The second kappa shape index (κ2) is 12.7. The van der Waals surface area contributed by atoms with Crippen LogP contribution in [0.3, 0.4) is 0 Å². The van der Waals surface area contributed by atoms with E-state index in [2.05, 4.69) is 6.92 Å². The Bertz CT molecular complexity index is 738. The minimum atomic E-state index is -0.826. The lowest BCUT2D eigenvalue weighted by molar-refractivity contribution is 0.102. The molecule has 3 fully saturated rings. The van der Waals surface area contributed by atoms with Crippen LogP contribution >= 0.6 is 0 Å². The third-order valence-electron chi connectivity index (χ3n) is 9.88. The lowest BCUT2D eigenvalue weighted by atomic mass is 9.64. The number of benzene rings is 1. The van der Waals surface area contributed by atoms with Gasteiger partial charge in [0.25, 0.3) is 0 Å². The van der Waals surface area contributed by atoms with E-state index in [1.165, 1.54) is 89.9 Å². The molecule has 0 amide bonds. The maximum Gasteiger partial charge on any atom is 0.200 e. The van der Waals surface area contributed by atoms with Crippen molar-refractivity contribution in [2.75, 3.05) is 6.61 Å². The third-order valence-corrected chi connectivity index (χ3v) is 9.88. The van der Waals surface area contributed by atoms with Gasteiger partial charge in [0.1, 0.15) is 0 Å². The predicted molar refractivity (Wildman–Crippen MR) is 137 cm³/mol. The smallest absolute Gasteiger partial charge is 0.200 e. The predicted octanol–water partition coefficient (Wildman–Crippen LogP) is 9.52. The Morgan fingerprint density at radius 1 is 0.647 bits per heavy atom. The molecule has 0 radical (unpaired) electrons. The van der Waals surface area contributed by atoms with E-state index >= 15 is 0 Å². The molecule has 0 heterocycles. The summed E-state index contributed by atoms with van der Waals surface area (Å²) in [4.78, 5) is 0.